The maximum absolute atomic E-state index is 13.3. The van der Waals surface area contributed by atoms with Crippen molar-refractivity contribution in [1.82, 2.24) is 0 Å². The fourth-order valence-corrected chi connectivity index (χ4v) is 3.63. The number of benzene rings is 3. The molecule has 5 nitrogen and oxygen atoms in total. The predicted molar refractivity (Wildman–Crippen MR) is 131 cm³/mol. The van der Waals surface area contributed by atoms with Gasteiger partial charge in [-0.05, 0) is 36.2 Å². The second kappa shape index (κ2) is 11.5. The Kier molecular flexibility index (Phi) is 8.19. The first-order chi connectivity index (χ1) is 16.1. The summed E-state index contributed by atoms with van der Waals surface area (Å²) >= 11 is 0. The molecule has 3 aromatic rings. The minimum Gasteiger partial charge on any atom is -0.488 e. The molecule has 0 aromatic heterocycles. The van der Waals surface area contributed by atoms with Gasteiger partial charge in [-0.25, -0.2) is 4.79 Å². The molecular weight excluding hydrogens is 414 g/mol. The zero-order valence-corrected chi connectivity index (χ0v) is 18.7. The zero-order valence-electron chi connectivity index (χ0n) is 18.7. The van der Waals surface area contributed by atoms with Gasteiger partial charge in [-0.1, -0.05) is 60.7 Å². The number of carbonyl (C=O) groups excluding carboxylic acids is 2. The highest BCUT2D eigenvalue weighted by Gasteiger charge is 2.25. The number of hydrogen-bond donors (Lipinski definition) is 0. The van der Waals surface area contributed by atoms with E-state index in [1.165, 1.54) is 0 Å². The fraction of sp³-hybridized carbons (Fsp3) is 0.143. The van der Waals surface area contributed by atoms with Crippen LogP contribution in [0.2, 0.25) is 0 Å². The third-order valence-corrected chi connectivity index (χ3v) is 5.07. The number of para-hydroxylation sites is 1. The summed E-state index contributed by atoms with van der Waals surface area (Å²) in [6, 6.07) is 20.0. The summed E-state index contributed by atoms with van der Waals surface area (Å²) in [5.74, 6) is 0.156. The molecule has 0 heterocycles. The predicted octanol–water partition coefficient (Wildman–Crippen LogP) is 5.78. The number of carbonyl (C=O) groups is 2. The van der Waals surface area contributed by atoms with Gasteiger partial charge in [-0.3, -0.25) is 4.79 Å². The Morgan fingerprint density at radius 1 is 0.970 bits per heavy atom. The van der Waals surface area contributed by atoms with Crippen LogP contribution in [0.1, 0.15) is 31.8 Å². The molecule has 0 aliphatic carbocycles. The van der Waals surface area contributed by atoms with Crippen molar-refractivity contribution < 1.29 is 19.1 Å². The molecule has 5 heteroatoms. The highest BCUT2D eigenvalue weighted by Crippen LogP contribution is 2.35. The molecule has 0 amide bonds. The van der Waals surface area contributed by atoms with Gasteiger partial charge in [0.25, 0.3) is 0 Å². The smallest absolute Gasteiger partial charge is 0.347 e. The van der Waals surface area contributed by atoms with Gasteiger partial charge in [0.05, 0.1) is 5.69 Å². The Morgan fingerprint density at radius 3 is 2.15 bits per heavy atom. The lowest BCUT2D eigenvalue weighted by molar-refractivity contribution is 0.0728. The molecule has 0 aliphatic heterocycles. The Bertz CT molecular complexity index is 1110. The number of anilines is 1. The van der Waals surface area contributed by atoms with Crippen LogP contribution in [0.5, 0.6) is 11.5 Å². The first-order valence-corrected chi connectivity index (χ1v) is 10.6. The second-order valence-electron chi connectivity index (χ2n) is 7.39. The third-order valence-electron chi connectivity index (χ3n) is 5.07. The van der Waals surface area contributed by atoms with Gasteiger partial charge < -0.3 is 14.4 Å². The number of esters is 1. The summed E-state index contributed by atoms with van der Waals surface area (Å²) in [4.78, 5) is 27.3. The average molecular weight is 442 g/mol. The standard InChI is InChI=1S/C28H27NO4/c1-4-16-29(17-5-2)27-21(3)26(28(31)33-24-14-10-7-11-15-24)25(18-23(27)19-30)32-20-22-12-8-6-9-13-22/h4-15,18-19H,1-2,16-17,20H2,3H3. The minimum atomic E-state index is -0.558. The van der Waals surface area contributed by atoms with Gasteiger partial charge in [-0.15, -0.1) is 13.2 Å². The van der Waals surface area contributed by atoms with Crippen LogP contribution in [0, 0.1) is 6.92 Å². The summed E-state index contributed by atoms with van der Waals surface area (Å²) in [5, 5.41) is 0. The maximum Gasteiger partial charge on any atom is 0.347 e. The van der Waals surface area contributed by atoms with E-state index in [2.05, 4.69) is 13.2 Å². The molecule has 33 heavy (non-hydrogen) atoms. The number of rotatable bonds is 11. The largest absolute Gasteiger partial charge is 0.488 e. The van der Waals surface area contributed by atoms with Crippen molar-refractivity contribution in [3.63, 3.8) is 0 Å². The average Bonchev–Trinajstić information content (AvgIpc) is 2.83. The van der Waals surface area contributed by atoms with E-state index >= 15 is 0 Å². The lowest BCUT2D eigenvalue weighted by Crippen LogP contribution is -2.27. The highest BCUT2D eigenvalue weighted by atomic mass is 16.5. The molecule has 0 N–H and O–H groups in total. The van der Waals surface area contributed by atoms with Crippen molar-refractivity contribution in [3.8, 4) is 11.5 Å². The highest BCUT2D eigenvalue weighted by molar-refractivity contribution is 6.00. The van der Waals surface area contributed by atoms with E-state index in [0.29, 0.717) is 41.4 Å². The van der Waals surface area contributed by atoms with Crippen LogP contribution in [-0.4, -0.2) is 25.3 Å². The molecule has 0 fully saturated rings. The van der Waals surface area contributed by atoms with Gasteiger partial charge in [0.1, 0.15) is 23.7 Å². The van der Waals surface area contributed by atoms with Crippen molar-refractivity contribution >= 4 is 17.9 Å². The Balaban J connectivity index is 2.10. The zero-order chi connectivity index (χ0) is 23.6. The summed E-state index contributed by atoms with van der Waals surface area (Å²) in [7, 11) is 0. The van der Waals surface area contributed by atoms with Crippen LogP contribution >= 0.6 is 0 Å². The van der Waals surface area contributed by atoms with Crippen molar-refractivity contribution in [3.05, 3.63) is 114 Å². The molecule has 0 spiro atoms. The second-order valence-corrected chi connectivity index (χ2v) is 7.39. The van der Waals surface area contributed by atoms with Crippen LogP contribution in [0.3, 0.4) is 0 Å². The molecule has 0 aliphatic rings. The van der Waals surface area contributed by atoms with Crippen molar-refractivity contribution in [1.29, 1.82) is 0 Å². The van der Waals surface area contributed by atoms with Crippen molar-refractivity contribution in [2.45, 2.75) is 13.5 Å². The van der Waals surface area contributed by atoms with Crippen molar-refractivity contribution in [2.75, 3.05) is 18.0 Å². The van der Waals surface area contributed by atoms with Gasteiger partial charge >= 0.3 is 5.97 Å². The fourth-order valence-electron chi connectivity index (χ4n) is 3.63. The number of ether oxygens (including phenoxy) is 2. The Labute approximate surface area is 194 Å². The molecule has 0 saturated carbocycles. The molecule has 0 atom stereocenters. The normalized spacial score (nSPS) is 10.2. The first kappa shape index (κ1) is 23.5. The van der Waals surface area contributed by atoms with Gasteiger partial charge in [-0.2, -0.15) is 0 Å². The van der Waals surface area contributed by atoms with Crippen LogP contribution < -0.4 is 14.4 Å². The molecule has 0 radical (unpaired) electrons. The molecule has 3 aromatic carbocycles. The molecule has 0 unspecified atom stereocenters. The molecule has 3 rings (SSSR count). The topological polar surface area (TPSA) is 55.8 Å². The molecule has 0 bridgehead atoms. The Hall–Kier alpha value is -4.12. The minimum absolute atomic E-state index is 0.243. The number of hydrogen-bond acceptors (Lipinski definition) is 5. The molecular formula is C28H27NO4. The van der Waals surface area contributed by atoms with Crippen molar-refractivity contribution in [2.24, 2.45) is 0 Å². The van der Waals surface area contributed by atoms with Gasteiger partial charge in [0.15, 0.2) is 6.29 Å². The van der Waals surface area contributed by atoms with E-state index < -0.39 is 5.97 Å². The third kappa shape index (κ3) is 5.77. The number of aldehydes is 1. The SMILES string of the molecule is C=CCN(CC=C)c1c(C=O)cc(OCc2ccccc2)c(C(=O)Oc2ccccc2)c1C. The summed E-state index contributed by atoms with van der Waals surface area (Å²) in [6.07, 6.45) is 4.24. The van der Waals surface area contributed by atoms with E-state index in [-0.39, 0.29) is 12.2 Å². The van der Waals surface area contributed by atoms with Gasteiger partial charge in [0, 0.05) is 18.7 Å². The first-order valence-electron chi connectivity index (χ1n) is 10.6. The van der Waals surface area contributed by atoms with E-state index in [0.717, 1.165) is 11.8 Å². The van der Waals surface area contributed by atoms with Crippen LogP contribution in [0.25, 0.3) is 0 Å². The molecule has 0 saturated heterocycles. The monoisotopic (exact) mass is 441 g/mol. The van der Waals surface area contributed by atoms with Crippen LogP contribution in [0.15, 0.2) is 92.0 Å². The summed E-state index contributed by atoms with van der Waals surface area (Å²) in [5.41, 5.74) is 2.84. The lowest BCUT2D eigenvalue weighted by Gasteiger charge is -2.27. The van der Waals surface area contributed by atoms with E-state index in [9.17, 15) is 9.59 Å². The number of nitrogens with zero attached hydrogens (tertiary/aromatic N) is 1. The summed E-state index contributed by atoms with van der Waals surface area (Å²) < 4.78 is 11.7. The van der Waals surface area contributed by atoms with E-state index in [4.69, 9.17) is 9.47 Å². The quantitative estimate of drug-likeness (QED) is 0.163. The van der Waals surface area contributed by atoms with Crippen LogP contribution in [0.4, 0.5) is 5.69 Å². The lowest BCUT2D eigenvalue weighted by atomic mass is 9.99. The van der Waals surface area contributed by atoms with E-state index in [1.54, 1.807) is 49.4 Å². The van der Waals surface area contributed by atoms with E-state index in [1.807, 2.05) is 41.3 Å². The summed E-state index contributed by atoms with van der Waals surface area (Å²) in [6.45, 7) is 10.6. The maximum atomic E-state index is 13.3. The van der Waals surface area contributed by atoms with Crippen LogP contribution in [-0.2, 0) is 6.61 Å². The molecule has 168 valence electrons. The Morgan fingerprint density at radius 2 is 1.58 bits per heavy atom. The van der Waals surface area contributed by atoms with Gasteiger partial charge in [0.2, 0.25) is 0 Å².